The first-order valence-corrected chi connectivity index (χ1v) is 16.0. The van der Waals surface area contributed by atoms with Crippen molar-refractivity contribution in [3.05, 3.63) is 34.2 Å². The number of methoxy groups -OCH3 is 1. The molecule has 44 heavy (non-hydrogen) atoms. The number of aromatic nitrogens is 1. The van der Waals surface area contributed by atoms with Crippen molar-refractivity contribution in [2.75, 3.05) is 38.7 Å². The first-order chi connectivity index (χ1) is 20.8. The van der Waals surface area contributed by atoms with Crippen LogP contribution in [0.4, 0.5) is 14.6 Å². The fourth-order valence-corrected chi connectivity index (χ4v) is 7.09. The van der Waals surface area contributed by atoms with Gasteiger partial charge in [0.15, 0.2) is 0 Å². The van der Waals surface area contributed by atoms with Crippen molar-refractivity contribution < 1.29 is 33.8 Å². The SMILES string of the molecule is COCCNC(=O)c1ccc2sc(-c3c(NC(=O)CCN(C(=O)OC(C)(C)C)C(C)C)sc4c3CCN(C(=O)O)C4)nc2c1. The highest BCUT2D eigenvalue weighted by Gasteiger charge is 2.30. The van der Waals surface area contributed by atoms with E-state index in [2.05, 4.69) is 10.6 Å². The van der Waals surface area contributed by atoms with Crippen molar-refractivity contribution in [1.29, 1.82) is 0 Å². The zero-order valence-electron chi connectivity index (χ0n) is 25.8. The van der Waals surface area contributed by atoms with E-state index in [1.165, 1.54) is 32.5 Å². The Morgan fingerprint density at radius 3 is 2.59 bits per heavy atom. The van der Waals surface area contributed by atoms with Gasteiger partial charge < -0.3 is 35.0 Å². The summed E-state index contributed by atoms with van der Waals surface area (Å²) in [5.41, 5.74) is 2.19. The zero-order chi connectivity index (χ0) is 32.2. The molecule has 1 aliphatic rings. The smallest absolute Gasteiger partial charge is 0.410 e. The number of carboxylic acid groups (broad SMARTS) is 1. The van der Waals surface area contributed by atoms with Gasteiger partial charge in [0, 0.05) is 55.2 Å². The highest BCUT2D eigenvalue weighted by atomic mass is 32.1. The Balaban J connectivity index is 1.61. The summed E-state index contributed by atoms with van der Waals surface area (Å²) in [6.07, 6.45) is -0.959. The van der Waals surface area contributed by atoms with Crippen LogP contribution in [0.25, 0.3) is 20.8 Å². The molecule has 2 aromatic heterocycles. The molecular formula is C30H39N5O7S2. The highest BCUT2D eigenvalue weighted by Crippen LogP contribution is 2.45. The standard InChI is InChI=1S/C30H39N5O7S2/c1-17(2)35(29(40)42-30(3,4)5)13-10-23(36)33-27-24(19-9-12-34(28(38)39)16-22(19)44-27)26-32-20-15-18(7-8-21(20)43-26)25(37)31-11-14-41-6/h7-8,15,17H,9-14,16H2,1-6H3,(H,31,37)(H,33,36)(H,38,39). The van der Waals surface area contributed by atoms with Crippen LogP contribution in [0.5, 0.6) is 0 Å². The molecule has 0 fully saturated rings. The van der Waals surface area contributed by atoms with Crippen LogP contribution in [0, 0.1) is 0 Å². The van der Waals surface area contributed by atoms with Crippen molar-refractivity contribution in [3.8, 4) is 10.6 Å². The van der Waals surface area contributed by atoms with Gasteiger partial charge in [-0.1, -0.05) is 0 Å². The molecule has 1 aliphatic heterocycles. The molecule has 3 heterocycles. The minimum Gasteiger partial charge on any atom is -0.465 e. The average Bonchev–Trinajstić information content (AvgIpc) is 3.51. The van der Waals surface area contributed by atoms with E-state index in [1.54, 1.807) is 40.0 Å². The fraction of sp³-hybridized carbons (Fsp3) is 0.500. The molecule has 0 radical (unpaired) electrons. The second-order valence-electron chi connectivity index (χ2n) is 11.7. The van der Waals surface area contributed by atoms with Crippen LogP contribution in [-0.2, 0) is 27.2 Å². The molecule has 0 spiro atoms. The number of thiophene rings is 1. The third-order valence-electron chi connectivity index (χ3n) is 6.87. The summed E-state index contributed by atoms with van der Waals surface area (Å²) in [5.74, 6) is -0.514. The van der Waals surface area contributed by atoms with Gasteiger partial charge in [-0.2, -0.15) is 0 Å². The Morgan fingerprint density at radius 2 is 1.93 bits per heavy atom. The lowest BCUT2D eigenvalue weighted by molar-refractivity contribution is -0.116. The van der Waals surface area contributed by atoms with Gasteiger partial charge in [-0.15, -0.1) is 22.7 Å². The maximum atomic E-state index is 13.3. The number of anilines is 1. The number of amides is 4. The van der Waals surface area contributed by atoms with Gasteiger partial charge in [0.05, 0.1) is 23.4 Å². The molecule has 0 saturated heterocycles. The van der Waals surface area contributed by atoms with Crippen molar-refractivity contribution in [2.45, 2.75) is 65.6 Å². The van der Waals surface area contributed by atoms with Crippen LogP contribution < -0.4 is 10.6 Å². The number of rotatable bonds is 10. The van der Waals surface area contributed by atoms with Crippen LogP contribution in [-0.4, -0.2) is 88.9 Å². The minimum absolute atomic E-state index is 0.0437. The Bertz CT molecular complexity index is 1540. The van der Waals surface area contributed by atoms with Crippen LogP contribution >= 0.6 is 22.7 Å². The van der Waals surface area contributed by atoms with Gasteiger partial charge in [-0.05, 0) is 64.8 Å². The van der Waals surface area contributed by atoms with Crippen LogP contribution in [0.15, 0.2) is 18.2 Å². The molecule has 0 saturated carbocycles. The molecular weight excluding hydrogens is 606 g/mol. The van der Waals surface area contributed by atoms with Crippen molar-refractivity contribution in [1.82, 2.24) is 20.1 Å². The Kier molecular flexibility index (Phi) is 10.5. The van der Waals surface area contributed by atoms with Gasteiger partial charge in [-0.3, -0.25) is 9.59 Å². The summed E-state index contributed by atoms with van der Waals surface area (Å²) in [6, 6.07) is 5.16. The van der Waals surface area contributed by atoms with Gasteiger partial charge in [0.1, 0.15) is 15.6 Å². The Morgan fingerprint density at radius 1 is 1.18 bits per heavy atom. The maximum absolute atomic E-state index is 13.3. The molecule has 4 rings (SSSR count). The van der Waals surface area contributed by atoms with Crippen LogP contribution in [0.3, 0.4) is 0 Å². The molecule has 14 heteroatoms. The number of hydrogen-bond acceptors (Lipinski definition) is 9. The van der Waals surface area contributed by atoms with Crippen LogP contribution in [0.1, 0.15) is 61.8 Å². The summed E-state index contributed by atoms with van der Waals surface area (Å²) in [6.45, 7) is 10.6. The molecule has 0 unspecified atom stereocenters. The molecule has 238 valence electrons. The number of fused-ring (bicyclic) bond motifs is 2. The highest BCUT2D eigenvalue weighted by molar-refractivity contribution is 7.23. The number of ether oxygens (including phenoxy) is 2. The van der Waals surface area contributed by atoms with E-state index in [0.29, 0.717) is 47.2 Å². The molecule has 1 aromatic carbocycles. The van der Waals surface area contributed by atoms with Crippen molar-refractivity contribution >= 4 is 61.9 Å². The van der Waals surface area contributed by atoms with E-state index in [-0.39, 0.29) is 37.4 Å². The molecule has 0 aliphatic carbocycles. The van der Waals surface area contributed by atoms with E-state index in [0.717, 1.165) is 20.7 Å². The number of thiazole rings is 1. The molecule has 3 N–H and O–H groups in total. The summed E-state index contributed by atoms with van der Waals surface area (Å²) < 4.78 is 11.4. The second-order valence-corrected chi connectivity index (χ2v) is 13.8. The first kappa shape index (κ1) is 33.1. The van der Waals surface area contributed by atoms with Gasteiger partial charge in [0.25, 0.3) is 5.91 Å². The predicted molar refractivity (Wildman–Crippen MR) is 171 cm³/mol. The predicted octanol–water partition coefficient (Wildman–Crippen LogP) is 5.41. The van der Waals surface area contributed by atoms with Crippen molar-refractivity contribution in [3.63, 3.8) is 0 Å². The van der Waals surface area contributed by atoms with E-state index >= 15 is 0 Å². The monoisotopic (exact) mass is 645 g/mol. The average molecular weight is 646 g/mol. The first-order valence-electron chi connectivity index (χ1n) is 14.4. The second kappa shape index (κ2) is 13.9. The van der Waals surface area contributed by atoms with Crippen molar-refractivity contribution in [2.24, 2.45) is 0 Å². The van der Waals surface area contributed by atoms with E-state index in [1.807, 2.05) is 19.9 Å². The number of hydrogen-bond donors (Lipinski definition) is 3. The van der Waals surface area contributed by atoms with Gasteiger partial charge >= 0.3 is 12.2 Å². The Hall–Kier alpha value is -3.75. The number of nitrogens with one attached hydrogen (secondary N) is 2. The van der Waals surface area contributed by atoms with Gasteiger partial charge in [0.2, 0.25) is 5.91 Å². The summed E-state index contributed by atoms with van der Waals surface area (Å²) in [4.78, 5) is 58.8. The number of carbonyl (C=O) groups excluding carboxylic acids is 3. The third kappa shape index (κ3) is 8.04. The van der Waals surface area contributed by atoms with E-state index < -0.39 is 17.8 Å². The van der Waals surface area contributed by atoms with E-state index in [4.69, 9.17) is 14.5 Å². The number of carbonyl (C=O) groups is 4. The lowest BCUT2D eigenvalue weighted by Crippen LogP contribution is -2.42. The number of benzene rings is 1. The Labute approximate surface area is 264 Å². The summed E-state index contributed by atoms with van der Waals surface area (Å²) >= 11 is 2.78. The zero-order valence-corrected chi connectivity index (χ0v) is 27.4. The topological polar surface area (TPSA) is 150 Å². The van der Waals surface area contributed by atoms with Crippen LogP contribution in [0.2, 0.25) is 0 Å². The molecule has 3 aromatic rings. The molecule has 0 atom stereocenters. The van der Waals surface area contributed by atoms with E-state index in [9.17, 15) is 24.3 Å². The summed E-state index contributed by atoms with van der Waals surface area (Å²) in [7, 11) is 1.57. The minimum atomic E-state index is -0.997. The summed E-state index contributed by atoms with van der Waals surface area (Å²) in [5, 5.41) is 16.7. The molecule has 0 bridgehead atoms. The normalized spacial score (nSPS) is 13.1. The quantitative estimate of drug-likeness (QED) is 0.248. The lowest BCUT2D eigenvalue weighted by Gasteiger charge is -2.29. The number of nitrogens with zero attached hydrogens (tertiary/aromatic N) is 3. The fourth-order valence-electron chi connectivity index (χ4n) is 4.72. The largest absolute Gasteiger partial charge is 0.465 e. The van der Waals surface area contributed by atoms with Gasteiger partial charge in [-0.25, -0.2) is 14.6 Å². The molecule has 12 nitrogen and oxygen atoms in total. The lowest BCUT2D eigenvalue weighted by atomic mass is 10.0. The molecule has 4 amide bonds. The maximum Gasteiger partial charge on any atom is 0.410 e. The third-order valence-corrected chi connectivity index (χ3v) is 9.05.